The summed E-state index contributed by atoms with van der Waals surface area (Å²) in [6.07, 6.45) is 2.07. The third kappa shape index (κ3) is 10.8. The van der Waals surface area contributed by atoms with Crippen LogP contribution >= 0.6 is 24.0 Å². The normalized spacial score (nSPS) is 11.0. The van der Waals surface area contributed by atoms with Gasteiger partial charge < -0.3 is 24.4 Å². The van der Waals surface area contributed by atoms with Crippen LogP contribution in [-0.2, 0) is 16.0 Å². The number of benzene rings is 1. The molecule has 0 bridgehead atoms. The molecule has 7 heteroatoms. The number of nitrogens with zero attached hydrogens (tertiary/aromatic N) is 2. The summed E-state index contributed by atoms with van der Waals surface area (Å²) in [6.45, 7) is 6.44. The number of unbranched alkanes of at least 4 members (excludes halogenated alkanes) is 1. The van der Waals surface area contributed by atoms with Crippen LogP contribution in [0, 0.1) is 0 Å². The molecular formula is C19H34IN3O3. The van der Waals surface area contributed by atoms with Gasteiger partial charge in [0.1, 0.15) is 5.75 Å². The second-order valence-electron chi connectivity index (χ2n) is 5.72. The van der Waals surface area contributed by atoms with Gasteiger partial charge in [-0.3, -0.25) is 4.99 Å². The summed E-state index contributed by atoms with van der Waals surface area (Å²) in [6, 6.07) is 8.19. The minimum Gasteiger partial charge on any atom is -0.494 e. The minimum atomic E-state index is 0. The Kier molecular flexibility index (Phi) is 15.5. The molecule has 0 aliphatic heterocycles. The molecule has 1 N–H and O–H groups in total. The maximum Gasteiger partial charge on any atom is 0.193 e. The average Bonchev–Trinajstić information content (AvgIpc) is 2.62. The van der Waals surface area contributed by atoms with Crippen molar-refractivity contribution in [3.8, 4) is 5.75 Å². The van der Waals surface area contributed by atoms with E-state index in [4.69, 9.17) is 14.2 Å². The molecule has 0 atom stereocenters. The number of aliphatic imine (C=N–C) groups is 1. The van der Waals surface area contributed by atoms with E-state index in [-0.39, 0.29) is 24.0 Å². The molecule has 1 rings (SSSR count). The first kappa shape index (κ1) is 24.9. The van der Waals surface area contributed by atoms with Crippen LogP contribution in [0.2, 0.25) is 0 Å². The Labute approximate surface area is 175 Å². The van der Waals surface area contributed by atoms with Gasteiger partial charge in [-0.1, -0.05) is 12.1 Å². The maximum atomic E-state index is 5.47. The Morgan fingerprint density at radius 1 is 1.12 bits per heavy atom. The van der Waals surface area contributed by atoms with Crippen molar-refractivity contribution in [2.24, 2.45) is 4.99 Å². The van der Waals surface area contributed by atoms with Gasteiger partial charge in [0.15, 0.2) is 5.96 Å². The van der Waals surface area contributed by atoms with E-state index in [2.05, 4.69) is 27.3 Å². The topological polar surface area (TPSA) is 55.3 Å². The van der Waals surface area contributed by atoms with Gasteiger partial charge in [-0.05, 0) is 37.5 Å². The summed E-state index contributed by atoms with van der Waals surface area (Å²) in [5.74, 6) is 1.80. The van der Waals surface area contributed by atoms with E-state index in [1.165, 1.54) is 5.56 Å². The molecule has 0 amide bonds. The van der Waals surface area contributed by atoms with Gasteiger partial charge in [0.2, 0.25) is 0 Å². The summed E-state index contributed by atoms with van der Waals surface area (Å²) < 4.78 is 15.9. The van der Waals surface area contributed by atoms with Crippen molar-refractivity contribution in [3.63, 3.8) is 0 Å². The minimum absolute atomic E-state index is 0. The highest BCUT2D eigenvalue weighted by Gasteiger charge is 2.06. The largest absolute Gasteiger partial charge is 0.494 e. The molecule has 0 saturated carbocycles. The number of rotatable bonds is 12. The number of guanidine groups is 1. The molecular weight excluding hydrogens is 445 g/mol. The van der Waals surface area contributed by atoms with E-state index in [9.17, 15) is 0 Å². The van der Waals surface area contributed by atoms with Gasteiger partial charge in [0.25, 0.3) is 0 Å². The van der Waals surface area contributed by atoms with Gasteiger partial charge in [-0.25, -0.2) is 0 Å². The molecule has 0 spiro atoms. The number of ether oxygens (including phenoxy) is 3. The monoisotopic (exact) mass is 479 g/mol. The molecule has 150 valence electrons. The number of nitrogens with one attached hydrogen (secondary N) is 1. The Morgan fingerprint density at radius 3 is 2.46 bits per heavy atom. The van der Waals surface area contributed by atoms with Crippen molar-refractivity contribution in [2.75, 3.05) is 54.2 Å². The van der Waals surface area contributed by atoms with E-state index in [1.807, 2.05) is 33.2 Å². The first-order valence-electron chi connectivity index (χ1n) is 8.91. The highest BCUT2D eigenvalue weighted by Crippen LogP contribution is 2.13. The fourth-order valence-corrected chi connectivity index (χ4v) is 2.36. The lowest BCUT2D eigenvalue weighted by Gasteiger charge is -2.22. The number of hydrogen-bond acceptors (Lipinski definition) is 4. The fraction of sp³-hybridized carbons (Fsp3) is 0.632. The molecule has 0 saturated heterocycles. The molecule has 0 heterocycles. The summed E-state index contributed by atoms with van der Waals surface area (Å²) in [4.78, 5) is 6.46. The fourth-order valence-electron chi connectivity index (χ4n) is 2.36. The zero-order valence-electron chi connectivity index (χ0n) is 16.5. The van der Waals surface area contributed by atoms with E-state index < -0.39 is 0 Å². The Morgan fingerprint density at radius 2 is 1.85 bits per heavy atom. The first-order valence-corrected chi connectivity index (χ1v) is 8.91. The highest BCUT2D eigenvalue weighted by atomic mass is 127. The predicted octanol–water partition coefficient (Wildman–Crippen LogP) is 3.15. The van der Waals surface area contributed by atoms with Crippen LogP contribution in [-0.4, -0.2) is 65.0 Å². The Balaban J connectivity index is 0.00000625. The van der Waals surface area contributed by atoms with Crippen LogP contribution in [0.25, 0.3) is 0 Å². The van der Waals surface area contributed by atoms with Crippen LogP contribution < -0.4 is 10.1 Å². The number of methoxy groups -OCH3 is 1. The smallest absolute Gasteiger partial charge is 0.193 e. The van der Waals surface area contributed by atoms with Crippen molar-refractivity contribution in [3.05, 3.63) is 29.8 Å². The van der Waals surface area contributed by atoms with Gasteiger partial charge in [-0.15, -0.1) is 24.0 Å². The van der Waals surface area contributed by atoms with Gasteiger partial charge in [0, 0.05) is 40.9 Å². The molecule has 0 aromatic heterocycles. The standard InChI is InChI=1S/C19H33N3O3.HI/c1-5-25-18-10-8-17(9-11-18)16-22(3)19(20-2)21-12-6-7-13-24-15-14-23-4;/h8-11H,5-7,12-16H2,1-4H3,(H,20,21);1H. The molecule has 6 nitrogen and oxygen atoms in total. The van der Waals surface area contributed by atoms with Crippen LogP contribution in [0.15, 0.2) is 29.3 Å². The molecule has 0 aliphatic rings. The van der Waals surface area contributed by atoms with Crippen molar-refractivity contribution in [1.29, 1.82) is 0 Å². The van der Waals surface area contributed by atoms with Crippen molar-refractivity contribution >= 4 is 29.9 Å². The lowest BCUT2D eigenvalue weighted by Crippen LogP contribution is -2.38. The highest BCUT2D eigenvalue weighted by molar-refractivity contribution is 14.0. The zero-order chi connectivity index (χ0) is 18.3. The summed E-state index contributed by atoms with van der Waals surface area (Å²) in [5.41, 5.74) is 1.22. The molecule has 1 aromatic carbocycles. The van der Waals surface area contributed by atoms with Gasteiger partial charge >= 0.3 is 0 Å². The van der Waals surface area contributed by atoms with Crippen molar-refractivity contribution in [1.82, 2.24) is 10.2 Å². The molecule has 0 unspecified atom stereocenters. The Bertz CT molecular complexity index is 483. The lowest BCUT2D eigenvalue weighted by atomic mass is 10.2. The van der Waals surface area contributed by atoms with Crippen molar-refractivity contribution < 1.29 is 14.2 Å². The van der Waals surface area contributed by atoms with Crippen molar-refractivity contribution in [2.45, 2.75) is 26.3 Å². The van der Waals surface area contributed by atoms with Crippen LogP contribution in [0.4, 0.5) is 0 Å². The predicted molar refractivity (Wildman–Crippen MR) is 118 cm³/mol. The third-order valence-corrected chi connectivity index (χ3v) is 3.66. The van der Waals surface area contributed by atoms with Crippen LogP contribution in [0.1, 0.15) is 25.3 Å². The SMILES string of the molecule is CCOc1ccc(CN(C)C(=NC)NCCCCOCCOC)cc1.I. The van der Waals surface area contributed by atoms with E-state index >= 15 is 0 Å². The molecule has 0 fully saturated rings. The van der Waals surface area contributed by atoms with Crippen LogP contribution in [0.5, 0.6) is 5.75 Å². The summed E-state index contributed by atoms with van der Waals surface area (Å²) >= 11 is 0. The molecule has 26 heavy (non-hydrogen) atoms. The number of hydrogen-bond donors (Lipinski definition) is 1. The van der Waals surface area contributed by atoms with E-state index in [0.29, 0.717) is 19.8 Å². The van der Waals surface area contributed by atoms with Gasteiger partial charge in [0.05, 0.1) is 19.8 Å². The first-order chi connectivity index (χ1) is 12.2. The summed E-state index contributed by atoms with van der Waals surface area (Å²) in [5, 5.41) is 3.39. The lowest BCUT2D eigenvalue weighted by molar-refractivity contribution is 0.0689. The maximum absolute atomic E-state index is 5.47. The summed E-state index contributed by atoms with van der Waals surface area (Å²) in [7, 11) is 5.53. The second-order valence-corrected chi connectivity index (χ2v) is 5.72. The molecule has 0 radical (unpaired) electrons. The zero-order valence-corrected chi connectivity index (χ0v) is 18.8. The van der Waals surface area contributed by atoms with E-state index in [0.717, 1.165) is 44.2 Å². The third-order valence-electron chi connectivity index (χ3n) is 3.66. The molecule has 1 aromatic rings. The average molecular weight is 479 g/mol. The quantitative estimate of drug-likeness (QED) is 0.216. The number of halogens is 1. The van der Waals surface area contributed by atoms with E-state index in [1.54, 1.807) is 7.11 Å². The van der Waals surface area contributed by atoms with Gasteiger partial charge in [-0.2, -0.15) is 0 Å². The second kappa shape index (κ2) is 16.1. The molecule has 0 aliphatic carbocycles. The Hall–Kier alpha value is -1.06. The van der Waals surface area contributed by atoms with Crippen LogP contribution in [0.3, 0.4) is 0 Å².